The van der Waals surface area contributed by atoms with Gasteiger partial charge in [-0.05, 0) is 73.3 Å². The summed E-state index contributed by atoms with van der Waals surface area (Å²) in [6.07, 6.45) is 12.1. The van der Waals surface area contributed by atoms with Crippen LogP contribution in [0.2, 0.25) is 0 Å². The van der Waals surface area contributed by atoms with E-state index < -0.39 is 0 Å². The Morgan fingerprint density at radius 2 is 1.96 bits per heavy atom. The molecule has 2 aromatic rings. The van der Waals surface area contributed by atoms with E-state index in [1.807, 2.05) is 25.1 Å². The molecule has 1 aliphatic carbocycles. The zero-order chi connectivity index (χ0) is 19.2. The number of halogens is 1. The second kappa shape index (κ2) is 9.48. The average Bonchev–Trinajstić information content (AvgIpc) is 2.68. The van der Waals surface area contributed by atoms with E-state index >= 15 is 0 Å². The smallest absolute Gasteiger partial charge is 0.132 e. The van der Waals surface area contributed by atoms with Gasteiger partial charge < -0.3 is 0 Å². The Morgan fingerprint density at radius 1 is 1.15 bits per heavy atom. The summed E-state index contributed by atoms with van der Waals surface area (Å²) in [5, 5.41) is 0. The number of nitrogens with zero attached hydrogens (tertiary/aromatic N) is 1. The van der Waals surface area contributed by atoms with Gasteiger partial charge in [0.25, 0.3) is 0 Å². The fourth-order valence-electron chi connectivity index (χ4n) is 4.91. The third-order valence-electron chi connectivity index (χ3n) is 6.47. The first-order valence-corrected chi connectivity index (χ1v) is 10.8. The van der Waals surface area contributed by atoms with Crippen LogP contribution in [0.25, 0.3) is 11.3 Å². The van der Waals surface area contributed by atoms with Crippen LogP contribution in [-0.2, 0) is 6.42 Å². The second-order valence-corrected chi connectivity index (χ2v) is 8.55. The lowest BCUT2D eigenvalue weighted by Crippen LogP contribution is -2.26. The molecular weight excluding hydrogens is 333 g/mol. The van der Waals surface area contributed by atoms with Crippen molar-refractivity contribution in [3.05, 3.63) is 53.5 Å². The first-order chi connectivity index (χ1) is 13.1. The van der Waals surface area contributed by atoms with Crippen LogP contribution in [0.5, 0.6) is 0 Å². The summed E-state index contributed by atoms with van der Waals surface area (Å²) < 4.78 is 14.7. The number of rotatable bonds is 7. The van der Waals surface area contributed by atoms with E-state index in [0.29, 0.717) is 11.3 Å². The molecule has 0 spiro atoms. The van der Waals surface area contributed by atoms with Crippen LogP contribution >= 0.6 is 0 Å². The van der Waals surface area contributed by atoms with Gasteiger partial charge in [-0.2, -0.15) is 0 Å². The molecule has 1 unspecified atom stereocenters. The molecule has 27 heavy (non-hydrogen) atoms. The maximum absolute atomic E-state index is 14.7. The van der Waals surface area contributed by atoms with E-state index in [-0.39, 0.29) is 5.82 Å². The maximum atomic E-state index is 14.7. The molecule has 1 saturated carbocycles. The van der Waals surface area contributed by atoms with E-state index in [4.69, 9.17) is 0 Å². The number of hydrogen-bond donors (Lipinski definition) is 0. The van der Waals surface area contributed by atoms with Gasteiger partial charge in [0.05, 0.1) is 5.69 Å². The summed E-state index contributed by atoms with van der Waals surface area (Å²) in [6.45, 7) is 6.73. The molecule has 0 bridgehead atoms. The van der Waals surface area contributed by atoms with Gasteiger partial charge in [0, 0.05) is 11.8 Å². The molecule has 0 radical (unpaired) electrons. The summed E-state index contributed by atoms with van der Waals surface area (Å²) in [7, 11) is 0. The molecule has 146 valence electrons. The van der Waals surface area contributed by atoms with Crippen molar-refractivity contribution in [2.24, 2.45) is 17.8 Å². The third kappa shape index (κ3) is 5.18. The number of aryl methyl sites for hydroxylation is 2. The van der Waals surface area contributed by atoms with Crippen LogP contribution < -0.4 is 0 Å². The molecule has 0 saturated heterocycles. The molecule has 3 atom stereocenters. The third-order valence-corrected chi connectivity index (χ3v) is 6.47. The molecule has 2 heteroatoms. The Balaban J connectivity index is 1.65. The summed E-state index contributed by atoms with van der Waals surface area (Å²) >= 11 is 0. The van der Waals surface area contributed by atoms with Crippen LogP contribution in [-0.4, -0.2) is 4.98 Å². The molecule has 0 N–H and O–H groups in total. The predicted octanol–water partition coefficient (Wildman–Crippen LogP) is 7.37. The summed E-state index contributed by atoms with van der Waals surface area (Å²) in [5.74, 6) is 2.34. The van der Waals surface area contributed by atoms with Crippen LogP contribution in [0.1, 0.15) is 69.9 Å². The minimum Gasteiger partial charge on any atom is -0.256 e. The standard InChI is InChI=1S/C25H34FN/c1-4-7-19(3)22-9-6-5-8-21(22)13-11-20-12-14-23(24(26)16-20)25-15-10-18(2)17-27-25/h10,12,14-17,19,21-22H,4-9,11,13H2,1-3H3/t19?,21-,22-/m0/s1. The lowest BCUT2D eigenvalue weighted by atomic mass is 9.70. The number of benzene rings is 1. The Hall–Kier alpha value is -1.70. The Morgan fingerprint density at radius 3 is 2.67 bits per heavy atom. The van der Waals surface area contributed by atoms with Gasteiger partial charge in [-0.1, -0.05) is 58.1 Å². The fraction of sp³-hybridized carbons (Fsp3) is 0.560. The molecule has 3 rings (SSSR count). The zero-order valence-electron chi connectivity index (χ0n) is 17.2. The van der Waals surface area contributed by atoms with E-state index in [1.165, 1.54) is 44.9 Å². The average molecular weight is 368 g/mol. The highest BCUT2D eigenvalue weighted by Crippen LogP contribution is 2.39. The van der Waals surface area contributed by atoms with E-state index in [1.54, 1.807) is 12.3 Å². The lowest BCUT2D eigenvalue weighted by Gasteiger charge is -2.36. The van der Waals surface area contributed by atoms with Gasteiger partial charge in [-0.15, -0.1) is 0 Å². The molecule has 1 aromatic heterocycles. The Kier molecular flexibility index (Phi) is 7.04. The Labute approximate surface area is 164 Å². The Bertz CT molecular complexity index is 722. The summed E-state index contributed by atoms with van der Waals surface area (Å²) in [4.78, 5) is 4.37. The van der Waals surface area contributed by atoms with Gasteiger partial charge in [0.2, 0.25) is 0 Å². The van der Waals surface area contributed by atoms with Crippen molar-refractivity contribution in [1.29, 1.82) is 0 Å². The van der Waals surface area contributed by atoms with Gasteiger partial charge in [-0.25, -0.2) is 4.39 Å². The van der Waals surface area contributed by atoms with E-state index in [0.717, 1.165) is 35.3 Å². The van der Waals surface area contributed by atoms with E-state index in [9.17, 15) is 4.39 Å². The van der Waals surface area contributed by atoms with Gasteiger partial charge >= 0.3 is 0 Å². The topological polar surface area (TPSA) is 12.9 Å². The van der Waals surface area contributed by atoms with Crippen molar-refractivity contribution in [3.8, 4) is 11.3 Å². The molecule has 1 aliphatic rings. The number of pyridine rings is 1. The molecule has 1 heterocycles. The van der Waals surface area contributed by atoms with Crippen LogP contribution in [0.4, 0.5) is 4.39 Å². The number of aromatic nitrogens is 1. The molecular formula is C25H34FN. The fourth-order valence-corrected chi connectivity index (χ4v) is 4.91. The van der Waals surface area contributed by atoms with Crippen LogP contribution in [0.3, 0.4) is 0 Å². The monoisotopic (exact) mass is 367 g/mol. The maximum Gasteiger partial charge on any atom is 0.132 e. The quantitative estimate of drug-likeness (QED) is 0.498. The van der Waals surface area contributed by atoms with Crippen molar-refractivity contribution in [1.82, 2.24) is 4.98 Å². The van der Waals surface area contributed by atoms with Crippen molar-refractivity contribution < 1.29 is 4.39 Å². The largest absolute Gasteiger partial charge is 0.256 e. The van der Waals surface area contributed by atoms with Crippen LogP contribution in [0.15, 0.2) is 36.5 Å². The molecule has 1 aromatic carbocycles. The van der Waals surface area contributed by atoms with Gasteiger partial charge in [0.15, 0.2) is 0 Å². The highest BCUT2D eigenvalue weighted by Gasteiger charge is 2.28. The van der Waals surface area contributed by atoms with Crippen molar-refractivity contribution in [3.63, 3.8) is 0 Å². The lowest BCUT2D eigenvalue weighted by molar-refractivity contribution is 0.154. The van der Waals surface area contributed by atoms with Crippen molar-refractivity contribution in [2.75, 3.05) is 0 Å². The molecule has 0 amide bonds. The highest BCUT2D eigenvalue weighted by atomic mass is 19.1. The normalized spacial score (nSPS) is 21.2. The molecule has 0 aliphatic heterocycles. The minimum atomic E-state index is -0.150. The molecule has 1 fully saturated rings. The van der Waals surface area contributed by atoms with E-state index in [2.05, 4.69) is 24.9 Å². The van der Waals surface area contributed by atoms with Gasteiger partial charge in [-0.3, -0.25) is 4.98 Å². The summed E-state index contributed by atoms with van der Waals surface area (Å²) in [5.41, 5.74) is 3.53. The highest BCUT2D eigenvalue weighted by molar-refractivity contribution is 5.60. The molecule has 1 nitrogen and oxygen atoms in total. The first kappa shape index (κ1) is 20.0. The van der Waals surface area contributed by atoms with Crippen LogP contribution in [0, 0.1) is 30.5 Å². The minimum absolute atomic E-state index is 0.150. The predicted molar refractivity (Wildman–Crippen MR) is 112 cm³/mol. The number of hydrogen-bond acceptors (Lipinski definition) is 1. The zero-order valence-corrected chi connectivity index (χ0v) is 17.2. The SMILES string of the molecule is CCCC(C)[C@@H]1CCCC[C@H]1CCc1ccc(-c2ccc(C)cn2)c(F)c1. The summed E-state index contributed by atoms with van der Waals surface area (Å²) in [6, 6.07) is 9.60. The van der Waals surface area contributed by atoms with Crippen molar-refractivity contribution in [2.45, 2.75) is 72.1 Å². The second-order valence-electron chi connectivity index (χ2n) is 8.55. The van der Waals surface area contributed by atoms with Crippen molar-refractivity contribution >= 4 is 0 Å². The first-order valence-electron chi connectivity index (χ1n) is 10.8. The van der Waals surface area contributed by atoms with Gasteiger partial charge in [0.1, 0.15) is 5.82 Å².